The smallest absolute Gasteiger partial charge is 0.407 e. The molecule has 1 aliphatic carbocycles. The van der Waals surface area contributed by atoms with Gasteiger partial charge < -0.3 is 33.3 Å². The third-order valence-corrected chi connectivity index (χ3v) is 11.2. The maximum atomic E-state index is 12.7. The summed E-state index contributed by atoms with van der Waals surface area (Å²) in [5, 5.41) is 12.2. The van der Waals surface area contributed by atoms with Gasteiger partial charge in [-0.25, -0.2) is 9.46 Å². The summed E-state index contributed by atoms with van der Waals surface area (Å²) in [5.41, 5.74) is 1.82. The predicted octanol–water partition coefficient (Wildman–Crippen LogP) is 9.31. The number of allylic oxidation sites excluding steroid dienone is 3. The van der Waals surface area contributed by atoms with Crippen molar-refractivity contribution >= 4 is 14.6 Å². The minimum absolute atomic E-state index is 0.128. The molecule has 0 spiro atoms. The normalized spacial score (nSPS) is 15.2. The van der Waals surface area contributed by atoms with E-state index in [1.54, 1.807) is 14.2 Å². The lowest BCUT2D eigenvalue weighted by molar-refractivity contribution is -0.00495. The van der Waals surface area contributed by atoms with Crippen molar-refractivity contribution in [2.24, 2.45) is 5.92 Å². The quantitative estimate of drug-likeness (QED) is 0.0609. The lowest BCUT2D eigenvalue weighted by atomic mass is 9.80. The van der Waals surface area contributed by atoms with Crippen LogP contribution in [0.15, 0.2) is 103 Å². The fraction of sp³-hybridized carbons (Fsp3) is 0.442. The molecule has 11 heteroatoms. The van der Waals surface area contributed by atoms with Crippen molar-refractivity contribution in [3.05, 3.63) is 120 Å². The van der Waals surface area contributed by atoms with Crippen molar-refractivity contribution in [3.63, 3.8) is 0 Å². The molecule has 4 rings (SSSR count). The molecule has 290 valence electrons. The molecule has 0 radical (unpaired) electrons. The lowest BCUT2D eigenvalue weighted by Crippen LogP contribution is -2.36. The number of alkyl carbamates (subject to hydrolysis) is 1. The Morgan fingerprint density at radius 2 is 1.48 bits per heavy atom. The highest BCUT2D eigenvalue weighted by Gasteiger charge is 2.38. The SMILES string of the molecule is COc1ccc(C(OCC[C@@H](CCNC(=O)OCC2C=CC=CC2)OP(OCCC#N)N(C(C)C)C(C)C)(c2ccccc2)c2ccc(OC)cc2)cc1. The first kappa shape index (κ1) is 42.5. The Kier molecular flexibility index (Phi) is 17.5. The fourth-order valence-corrected chi connectivity index (χ4v) is 8.18. The number of nitriles is 1. The van der Waals surface area contributed by atoms with Crippen LogP contribution in [0.5, 0.6) is 11.5 Å². The number of carbonyl (C=O) groups is 1. The molecule has 1 N–H and O–H groups in total. The third kappa shape index (κ3) is 12.1. The second-order valence-electron chi connectivity index (χ2n) is 13.5. The van der Waals surface area contributed by atoms with Crippen molar-refractivity contribution in [2.75, 3.05) is 40.6 Å². The molecular formula is C43H56N3O7P. The van der Waals surface area contributed by atoms with Crippen LogP contribution in [0, 0.1) is 17.2 Å². The maximum Gasteiger partial charge on any atom is 0.407 e. The van der Waals surface area contributed by atoms with Crippen LogP contribution in [0.25, 0.3) is 0 Å². The zero-order valence-electron chi connectivity index (χ0n) is 32.5. The molecule has 0 saturated heterocycles. The average Bonchev–Trinajstić information content (AvgIpc) is 3.19. The molecule has 1 aliphatic rings. The highest BCUT2D eigenvalue weighted by Crippen LogP contribution is 2.48. The van der Waals surface area contributed by atoms with Crippen molar-refractivity contribution < 1.29 is 32.8 Å². The Bertz CT molecular complexity index is 1590. The molecule has 3 aromatic rings. The number of carbonyl (C=O) groups excluding carboxylic acids is 1. The van der Waals surface area contributed by atoms with Crippen LogP contribution in [-0.2, 0) is 24.1 Å². The van der Waals surface area contributed by atoms with Crippen LogP contribution in [0.4, 0.5) is 4.79 Å². The number of ether oxygens (including phenoxy) is 4. The van der Waals surface area contributed by atoms with E-state index in [1.807, 2.05) is 85.0 Å². The van der Waals surface area contributed by atoms with Gasteiger partial charge in [0.05, 0.1) is 52.6 Å². The zero-order chi connectivity index (χ0) is 38.8. The Balaban J connectivity index is 1.62. The minimum atomic E-state index is -1.55. The molecule has 54 heavy (non-hydrogen) atoms. The van der Waals surface area contributed by atoms with Gasteiger partial charge in [-0.05, 0) is 87.9 Å². The number of benzene rings is 3. The molecular weight excluding hydrogens is 701 g/mol. The second kappa shape index (κ2) is 22.2. The largest absolute Gasteiger partial charge is 0.497 e. The predicted molar refractivity (Wildman–Crippen MR) is 213 cm³/mol. The summed E-state index contributed by atoms with van der Waals surface area (Å²) in [4.78, 5) is 12.7. The van der Waals surface area contributed by atoms with Crippen LogP contribution in [-0.4, -0.2) is 69.5 Å². The van der Waals surface area contributed by atoms with E-state index in [-0.39, 0.29) is 37.1 Å². The van der Waals surface area contributed by atoms with E-state index in [4.69, 9.17) is 28.0 Å². The van der Waals surface area contributed by atoms with Gasteiger partial charge in [-0.2, -0.15) is 5.26 Å². The van der Waals surface area contributed by atoms with E-state index >= 15 is 0 Å². The van der Waals surface area contributed by atoms with E-state index < -0.39 is 20.2 Å². The molecule has 0 fully saturated rings. The van der Waals surface area contributed by atoms with Gasteiger partial charge in [-0.1, -0.05) is 78.9 Å². The van der Waals surface area contributed by atoms with Crippen molar-refractivity contribution in [1.29, 1.82) is 5.26 Å². The Morgan fingerprint density at radius 1 is 0.870 bits per heavy atom. The van der Waals surface area contributed by atoms with Gasteiger partial charge in [0.1, 0.15) is 17.1 Å². The van der Waals surface area contributed by atoms with Crippen LogP contribution in [0.1, 0.15) is 70.1 Å². The van der Waals surface area contributed by atoms with Gasteiger partial charge in [-0.15, -0.1) is 0 Å². The molecule has 0 bridgehead atoms. The topological polar surface area (TPSA) is 112 Å². The maximum absolute atomic E-state index is 12.7. The summed E-state index contributed by atoms with van der Waals surface area (Å²) in [7, 11) is 1.75. The van der Waals surface area contributed by atoms with Crippen molar-refractivity contribution in [2.45, 2.75) is 77.2 Å². The fourth-order valence-electron chi connectivity index (χ4n) is 6.41. The van der Waals surface area contributed by atoms with Crippen LogP contribution in [0.2, 0.25) is 0 Å². The van der Waals surface area contributed by atoms with Crippen molar-refractivity contribution in [1.82, 2.24) is 9.99 Å². The highest BCUT2D eigenvalue weighted by molar-refractivity contribution is 7.44. The van der Waals surface area contributed by atoms with E-state index in [0.717, 1.165) is 34.6 Å². The summed E-state index contributed by atoms with van der Waals surface area (Å²) in [6.07, 6.45) is 9.32. The molecule has 3 atom stereocenters. The summed E-state index contributed by atoms with van der Waals surface area (Å²) in [5.74, 6) is 1.65. The summed E-state index contributed by atoms with van der Waals surface area (Å²) >= 11 is 0. The average molecular weight is 758 g/mol. The molecule has 2 unspecified atom stereocenters. The molecule has 0 heterocycles. The molecule has 1 amide bonds. The summed E-state index contributed by atoms with van der Waals surface area (Å²) in [6, 6.07) is 28.5. The Hall–Kier alpha value is -4.23. The van der Waals surface area contributed by atoms with Crippen molar-refractivity contribution in [3.8, 4) is 17.6 Å². The standard InChI is InChI=1S/C43H56N3O7P/c1-33(2)46(34(3)4)54(52-30-13-28-44)53-41(26-29-45-42(47)50-32-35-14-9-7-10-15-35)27-31-51-43(36-16-11-8-12-17-36,37-18-22-39(48-5)23-19-37)38-20-24-40(49-6)25-21-38/h7-12,14,16-25,33-35,41H,13,15,26-27,29-32H2,1-6H3,(H,45,47)/t35?,41-,54?/m1/s1. The monoisotopic (exact) mass is 757 g/mol. The van der Waals surface area contributed by atoms with Gasteiger partial charge in [0, 0.05) is 24.5 Å². The van der Waals surface area contributed by atoms with Crippen LogP contribution < -0.4 is 14.8 Å². The first-order valence-corrected chi connectivity index (χ1v) is 19.8. The third-order valence-electron chi connectivity index (χ3n) is 9.07. The van der Waals surface area contributed by atoms with Gasteiger partial charge in [0.15, 0.2) is 0 Å². The van der Waals surface area contributed by atoms with Crippen LogP contribution >= 0.6 is 8.53 Å². The van der Waals surface area contributed by atoms with E-state index in [1.165, 1.54) is 0 Å². The Morgan fingerprint density at radius 3 is 2.02 bits per heavy atom. The Labute approximate surface area is 323 Å². The highest BCUT2D eigenvalue weighted by atomic mass is 31.2. The van der Waals surface area contributed by atoms with Gasteiger partial charge in [-0.3, -0.25) is 0 Å². The number of hydrogen-bond acceptors (Lipinski definition) is 9. The molecule has 10 nitrogen and oxygen atoms in total. The lowest BCUT2D eigenvalue weighted by Gasteiger charge is -2.38. The number of nitrogens with one attached hydrogen (secondary N) is 1. The first-order valence-electron chi connectivity index (χ1n) is 18.7. The zero-order valence-corrected chi connectivity index (χ0v) is 33.4. The molecule has 3 aromatic carbocycles. The van der Waals surface area contributed by atoms with Crippen LogP contribution in [0.3, 0.4) is 0 Å². The van der Waals surface area contributed by atoms with Gasteiger partial charge >= 0.3 is 6.09 Å². The van der Waals surface area contributed by atoms with E-state index in [2.05, 4.69) is 62.0 Å². The molecule has 0 aromatic heterocycles. The number of rotatable bonds is 22. The number of amides is 1. The number of nitrogens with zero attached hydrogens (tertiary/aromatic N) is 2. The molecule has 0 aliphatic heterocycles. The van der Waals surface area contributed by atoms with E-state index in [9.17, 15) is 10.1 Å². The van der Waals surface area contributed by atoms with E-state index in [0.29, 0.717) is 32.6 Å². The number of methoxy groups -OCH3 is 2. The van der Waals surface area contributed by atoms with Gasteiger partial charge in [0.25, 0.3) is 8.53 Å². The minimum Gasteiger partial charge on any atom is -0.497 e. The summed E-state index contributed by atoms with van der Waals surface area (Å²) in [6.45, 7) is 9.63. The number of hydrogen-bond donors (Lipinski definition) is 1. The molecule has 0 saturated carbocycles. The first-order chi connectivity index (χ1) is 26.2. The van der Waals surface area contributed by atoms with Gasteiger partial charge in [0.2, 0.25) is 0 Å². The second-order valence-corrected chi connectivity index (χ2v) is 14.9. The summed E-state index contributed by atoms with van der Waals surface area (Å²) < 4.78 is 39.1.